The molecule has 0 aliphatic heterocycles. The quantitative estimate of drug-likeness (QED) is 0.784. The molecule has 3 aromatic rings. The van der Waals surface area contributed by atoms with Crippen LogP contribution in [0.4, 0.5) is 0 Å². The monoisotopic (exact) mass is 264 g/mol. The van der Waals surface area contributed by atoms with Crippen LogP contribution in [0.5, 0.6) is 11.5 Å². The standard InChI is InChI=1S/C17H16N2O/c18-11-10-13-5-1-2-8-15(13)20-16-9-3-6-14-7-4-12-19-17(14)16/h1-9,12H,10-11,18H2. The Morgan fingerprint density at radius 2 is 1.70 bits per heavy atom. The fraction of sp³-hybridized carbons (Fsp3) is 0.118. The molecule has 1 aromatic heterocycles. The molecule has 0 atom stereocenters. The largest absolute Gasteiger partial charge is 0.455 e. The number of hydrogen-bond donors (Lipinski definition) is 1. The molecule has 3 nitrogen and oxygen atoms in total. The van der Waals surface area contributed by atoms with E-state index >= 15 is 0 Å². The predicted octanol–water partition coefficient (Wildman–Crippen LogP) is 3.53. The van der Waals surface area contributed by atoms with Crippen molar-refractivity contribution in [3.05, 3.63) is 66.4 Å². The number of rotatable bonds is 4. The molecule has 0 aliphatic carbocycles. The van der Waals surface area contributed by atoms with Crippen LogP contribution >= 0.6 is 0 Å². The van der Waals surface area contributed by atoms with E-state index in [0.717, 1.165) is 34.4 Å². The molecule has 0 saturated heterocycles. The number of nitrogens with two attached hydrogens (primary N) is 1. The van der Waals surface area contributed by atoms with Gasteiger partial charge in [-0.25, -0.2) is 0 Å². The lowest BCUT2D eigenvalue weighted by Gasteiger charge is -2.11. The summed E-state index contributed by atoms with van der Waals surface area (Å²) in [6, 6.07) is 17.9. The van der Waals surface area contributed by atoms with Gasteiger partial charge in [0.15, 0.2) is 5.75 Å². The molecule has 2 N–H and O–H groups in total. The van der Waals surface area contributed by atoms with Crippen molar-refractivity contribution < 1.29 is 4.74 Å². The smallest absolute Gasteiger partial charge is 0.153 e. The fourth-order valence-corrected chi connectivity index (χ4v) is 2.24. The van der Waals surface area contributed by atoms with E-state index < -0.39 is 0 Å². The number of fused-ring (bicyclic) bond motifs is 1. The minimum atomic E-state index is 0.605. The zero-order chi connectivity index (χ0) is 13.8. The summed E-state index contributed by atoms with van der Waals surface area (Å²) in [6.45, 7) is 0.605. The summed E-state index contributed by atoms with van der Waals surface area (Å²) in [4.78, 5) is 4.40. The van der Waals surface area contributed by atoms with Gasteiger partial charge < -0.3 is 10.5 Å². The molecule has 0 bridgehead atoms. The van der Waals surface area contributed by atoms with E-state index in [1.165, 1.54) is 0 Å². The van der Waals surface area contributed by atoms with Crippen molar-refractivity contribution in [3.8, 4) is 11.5 Å². The third-order valence-electron chi connectivity index (χ3n) is 3.20. The molecule has 0 saturated carbocycles. The normalized spacial score (nSPS) is 10.7. The highest BCUT2D eigenvalue weighted by Gasteiger charge is 2.07. The van der Waals surface area contributed by atoms with E-state index in [9.17, 15) is 0 Å². The Bertz CT molecular complexity index is 720. The van der Waals surface area contributed by atoms with Crippen LogP contribution in [-0.4, -0.2) is 11.5 Å². The van der Waals surface area contributed by atoms with Gasteiger partial charge in [0.05, 0.1) is 0 Å². The first-order valence-corrected chi connectivity index (χ1v) is 6.68. The Balaban J connectivity index is 2.01. The van der Waals surface area contributed by atoms with Crippen molar-refractivity contribution in [3.63, 3.8) is 0 Å². The van der Waals surface area contributed by atoms with Gasteiger partial charge in [0.25, 0.3) is 0 Å². The van der Waals surface area contributed by atoms with Crippen molar-refractivity contribution in [1.82, 2.24) is 4.98 Å². The Morgan fingerprint density at radius 1 is 0.900 bits per heavy atom. The van der Waals surface area contributed by atoms with Gasteiger partial charge in [-0.15, -0.1) is 0 Å². The van der Waals surface area contributed by atoms with E-state index in [4.69, 9.17) is 10.5 Å². The highest BCUT2D eigenvalue weighted by Crippen LogP contribution is 2.30. The molecule has 3 heteroatoms. The molecule has 2 aromatic carbocycles. The zero-order valence-electron chi connectivity index (χ0n) is 11.1. The van der Waals surface area contributed by atoms with Crippen LogP contribution in [0.1, 0.15) is 5.56 Å². The Kier molecular flexibility index (Phi) is 3.61. The van der Waals surface area contributed by atoms with E-state index in [0.29, 0.717) is 6.54 Å². The van der Waals surface area contributed by atoms with Crippen molar-refractivity contribution in [2.24, 2.45) is 5.73 Å². The van der Waals surface area contributed by atoms with Gasteiger partial charge in [-0.3, -0.25) is 4.98 Å². The summed E-state index contributed by atoms with van der Waals surface area (Å²) in [5.74, 6) is 1.61. The minimum absolute atomic E-state index is 0.605. The maximum atomic E-state index is 6.06. The Morgan fingerprint density at radius 3 is 2.60 bits per heavy atom. The van der Waals surface area contributed by atoms with Crippen LogP contribution in [0, 0.1) is 0 Å². The molecule has 0 radical (unpaired) electrons. The van der Waals surface area contributed by atoms with Gasteiger partial charge in [0.1, 0.15) is 11.3 Å². The maximum Gasteiger partial charge on any atom is 0.153 e. The van der Waals surface area contributed by atoms with Crippen molar-refractivity contribution in [1.29, 1.82) is 0 Å². The molecule has 0 spiro atoms. The van der Waals surface area contributed by atoms with Crippen molar-refractivity contribution >= 4 is 10.9 Å². The van der Waals surface area contributed by atoms with Crippen LogP contribution in [0.25, 0.3) is 10.9 Å². The summed E-state index contributed by atoms with van der Waals surface area (Å²) in [5, 5.41) is 1.07. The number of hydrogen-bond acceptors (Lipinski definition) is 3. The average molecular weight is 264 g/mol. The third-order valence-corrected chi connectivity index (χ3v) is 3.20. The van der Waals surface area contributed by atoms with Crippen LogP contribution in [-0.2, 0) is 6.42 Å². The highest BCUT2D eigenvalue weighted by atomic mass is 16.5. The first-order chi connectivity index (χ1) is 9.88. The van der Waals surface area contributed by atoms with Crippen molar-refractivity contribution in [2.75, 3.05) is 6.54 Å². The molecule has 0 fully saturated rings. The average Bonchev–Trinajstić information content (AvgIpc) is 2.50. The van der Waals surface area contributed by atoms with Crippen LogP contribution in [0.2, 0.25) is 0 Å². The zero-order valence-corrected chi connectivity index (χ0v) is 11.1. The van der Waals surface area contributed by atoms with Gasteiger partial charge >= 0.3 is 0 Å². The van der Waals surface area contributed by atoms with E-state index in [1.54, 1.807) is 6.20 Å². The van der Waals surface area contributed by atoms with Gasteiger partial charge in [-0.1, -0.05) is 36.4 Å². The molecule has 0 aliphatic rings. The fourth-order valence-electron chi connectivity index (χ4n) is 2.24. The molecular weight excluding hydrogens is 248 g/mol. The molecule has 20 heavy (non-hydrogen) atoms. The summed E-state index contributed by atoms with van der Waals surface area (Å²) in [5.41, 5.74) is 7.63. The number of pyridine rings is 1. The predicted molar refractivity (Wildman–Crippen MR) is 81.0 cm³/mol. The lowest BCUT2D eigenvalue weighted by atomic mass is 10.1. The topological polar surface area (TPSA) is 48.1 Å². The van der Waals surface area contributed by atoms with E-state index in [2.05, 4.69) is 4.98 Å². The number of para-hydroxylation sites is 2. The van der Waals surface area contributed by atoms with Gasteiger partial charge in [0, 0.05) is 11.6 Å². The highest BCUT2D eigenvalue weighted by molar-refractivity contribution is 5.84. The lowest BCUT2D eigenvalue weighted by Crippen LogP contribution is -2.04. The van der Waals surface area contributed by atoms with Crippen LogP contribution < -0.4 is 10.5 Å². The SMILES string of the molecule is NCCc1ccccc1Oc1cccc2cccnc12. The second-order valence-corrected chi connectivity index (χ2v) is 4.58. The molecule has 0 amide bonds. The Hall–Kier alpha value is -2.39. The summed E-state index contributed by atoms with van der Waals surface area (Å²) in [6.07, 6.45) is 2.58. The summed E-state index contributed by atoms with van der Waals surface area (Å²) < 4.78 is 6.06. The van der Waals surface area contributed by atoms with Gasteiger partial charge in [-0.05, 0) is 36.7 Å². The first kappa shape index (κ1) is 12.6. The number of ether oxygens (including phenoxy) is 1. The summed E-state index contributed by atoms with van der Waals surface area (Å²) in [7, 11) is 0. The molecule has 100 valence electrons. The maximum absolute atomic E-state index is 6.06. The van der Waals surface area contributed by atoms with E-state index in [-0.39, 0.29) is 0 Å². The molecule has 1 heterocycles. The van der Waals surface area contributed by atoms with Crippen molar-refractivity contribution in [2.45, 2.75) is 6.42 Å². The number of benzene rings is 2. The molecule has 3 rings (SSSR count). The summed E-state index contributed by atoms with van der Waals surface area (Å²) >= 11 is 0. The van der Waals surface area contributed by atoms with E-state index in [1.807, 2.05) is 54.6 Å². The molecular formula is C17H16N2O. The first-order valence-electron chi connectivity index (χ1n) is 6.68. The second kappa shape index (κ2) is 5.72. The molecule has 0 unspecified atom stereocenters. The number of aromatic nitrogens is 1. The van der Waals surface area contributed by atoms with Crippen LogP contribution in [0.15, 0.2) is 60.8 Å². The van der Waals surface area contributed by atoms with Crippen LogP contribution in [0.3, 0.4) is 0 Å². The van der Waals surface area contributed by atoms with Gasteiger partial charge in [0.2, 0.25) is 0 Å². The lowest BCUT2D eigenvalue weighted by molar-refractivity contribution is 0.480. The number of nitrogens with zero attached hydrogens (tertiary/aromatic N) is 1. The third kappa shape index (κ3) is 2.49. The minimum Gasteiger partial charge on any atom is -0.455 e. The second-order valence-electron chi connectivity index (χ2n) is 4.58. The Labute approximate surface area is 118 Å². The van der Waals surface area contributed by atoms with Gasteiger partial charge in [-0.2, -0.15) is 0 Å².